The Labute approximate surface area is 217 Å². The number of amides is 4. The lowest BCUT2D eigenvalue weighted by Gasteiger charge is -2.54. The van der Waals surface area contributed by atoms with E-state index in [1.165, 1.54) is 27.1 Å². The number of carbonyl (C=O) groups is 4. The Kier molecular flexibility index (Phi) is 9.85. The van der Waals surface area contributed by atoms with E-state index in [1.54, 1.807) is 24.1 Å². The summed E-state index contributed by atoms with van der Waals surface area (Å²) < 4.78 is 13.2. The normalized spacial score (nSPS) is 21.1. The first-order valence-electron chi connectivity index (χ1n) is 13.0. The molecule has 0 spiro atoms. The second-order valence-corrected chi connectivity index (χ2v) is 9.84. The molecule has 11 heteroatoms. The first-order valence-corrected chi connectivity index (χ1v) is 13.0. The van der Waals surface area contributed by atoms with Crippen LogP contribution in [0.5, 0.6) is 0 Å². The molecule has 0 aliphatic carbocycles. The monoisotopic (exact) mass is 519 g/mol. The van der Waals surface area contributed by atoms with E-state index in [0.717, 1.165) is 25.7 Å². The Balaban J connectivity index is 1.85. The largest absolute Gasteiger partial charge is 0.481 e. The number of nitrogens with one attached hydrogen (secondary N) is 1. The van der Waals surface area contributed by atoms with Crippen LogP contribution in [-0.4, -0.2) is 87.6 Å². The molecule has 1 aromatic rings. The van der Waals surface area contributed by atoms with E-state index in [2.05, 4.69) is 19.2 Å². The molecule has 37 heavy (non-hydrogen) atoms. The van der Waals surface area contributed by atoms with E-state index in [-0.39, 0.29) is 56.0 Å². The second-order valence-electron chi connectivity index (χ2n) is 9.84. The van der Waals surface area contributed by atoms with Crippen molar-refractivity contribution >= 4 is 23.8 Å². The lowest BCUT2D eigenvalue weighted by molar-refractivity contribution is -0.188. The summed E-state index contributed by atoms with van der Waals surface area (Å²) in [5, 5.41) is 15.1. The van der Waals surface area contributed by atoms with Crippen molar-refractivity contribution in [1.82, 2.24) is 25.1 Å². The number of fused-ring (bicyclic) bond motifs is 1. The number of hydrogen-bond acceptors (Lipinski definition) is 5. The van der Waals surface area contributed by atoms with Gasteiger partial charge in [0, 0.05) is 26.6 Å². The molecule has 2 saturated heterocycles. The molecule has 1 aromatic carbocycles. The van der Waals surface area contributed by atoms with Gasteiger partial charge in [0.1, 0.15) is 18.0 Å². The number of hydrogen-bond donors (Lipinski definition) is 2. The van der Waals surface area contributed by atoms with Crippen LogP contribution in [0.4, 0.5) is 9.18 Å². The van der Waals surface area contributed by atoms with Crippen molar-refractivity contribution in [3.63, 3.8) is 0 Å². The smallest absolute Gasteiger partial charge is 0.334 e. The highest BCUT2D eigenvalue weighted by atomic mass is 19.1. The zero-order valence-corrected chi connectivity index (χ0v) is 21.9. The number of carboxylic acids is 1. The molecule has 2 aliphatic heterocycles. The number of rotatable bonds is 11. The van der Waals surface area contributed by atoms with Crippen LogP contribution in [0.15, 0.2) is 24.3 Å². The van der Waals surface area contributed by atoms with Gasteiger partial charge in [-0.25, -0.2) is 19.2 Å². The molecule has 2 aliphatic rings. The van der Waals surface area contributed by atoms with Gasteiger partial charge in [0.2, 0.25) is 11.8 Å². The summed E-state index contributed by atoms with van der Waals surface area (Å²) in [4.78, 5) is 54.4. The third-order valence-electron chi connectivity index (χ3n) is 7.16. The molecule has 4 amide bonds. The Morgan fingerprint density at radius 3 is 2.51 bits per heavy atom. The van der Waals surface area contributed by atoms with Gasteiger partial charge < -0.3 is 20.2 Å². The number of piperazine rings is 1. The van der Waals surface area contributed by atoms with Gasteiger partial charge in [0.15, 0.2) is 0 Å². The van der Waals surface area contributed by atoms with E-state index >= 15 is 0 Å². The Hall–Kier alpha value is -3.21. The average Bonchev–Trinajstić information content (AvgIpc) is 2.86. The maximum absolute atomic E-state index is 13.5. The van der Waals surface area contributed by atoms with Gasteiger partial charge in [-0.05, 0) is 36.5 Å². The minimum atomic E-state index is -1.05. The fourth-order valence-electron chi connectivity index (χ4n) is 5.10. The fourth-order valence-corrected chi connectivity index (χ4v) is 5.10. The number of benzene rings is 1. The standard InChI is InChI=1S/C26H38FN5O5/c1-4-6-7-18(5-2)15-30-16-22-31(21(25(30)36)12-13-24(34)35)23(33)17-29(3)32(22)26(37)28-14-19-8-10-20(27)11-9-19/h8-11,18,21-22H,4-7,12-17H2,1-3H3,(H,28,37)(H,34,35)/t18?,21?,22-/m0/s1. The highest BCUT2D eigenvalue weighted by Gasteiger charge is 2.50. The van der Waals surface area contributed by atoms with Crippen LogP contribution in [0.1, 0.15) is 57.9 Å². The van der Waals surface area contributed by atoms with Crippen molar-refractivity contribution in [2.24, 2.45) is 5.92 Å². The van der Waals surface area contributed by atoms with Gasteiger partial charge in [0.05, 0.1) is 13.1 Å². The third-order valence-corrected chi connectivity index (χ3v) is 7.16. The highest BCUT2D eigenvalue weighted by Crippen LogP contribution is 2.29. The van der Waals surface area contributed by atoms with Crippen LogP contribution >= 0.6 is 0 Å². The average molecular weight is 520 g/mol. The van der Waals surface area contributed by atoms with Crippen molar-refractivity contribution in [2.45, 2.75) is 71.1 Å². The summed E-state index contributed by atoms with van der Waals surface area (Å²) in [5.41, 5.74) is 0.712. The Morgan fingerprint density at radius 1 is 1.19 bits per heavy atom. The predicted molar refractivity (Wildman–Crippen MR) is 134 cm³/mol. The molecule has 10 nitrogen and oxygen atoms in total. The van der Waals surface area contributed by atoms with Gasteiger partial charge >= 0.3 is 12.0 Å². The first-order chi connectivity index (χ1) is 17.7. The Bertz CT molecular complexity index is 975. The number of aliphatic carboxylic acids is 1. The van der Waals surface area contributed by atoms with E-state index < -0.39 is 24.2 Å². The predicted octanol–water partition coefficient (Wildman–Crippen LogP) is 2.64. The highest BCUT2D eigenvalue weighted by molar-refractivity contribution is 5.91. The van der Waals surface area contributed by atoms with Gasteiger partial charge in [-0.2, -0.15) is 0 Å². The van der Waals surface area contributed by atoms with E-state index in [9.17, 15) is 28.7 Å². The lowest BCUT2D eigenvalue weighted by Crippen LogP contribution is -2.76. The number of carbonyl (C=O) groups excluding carboxylic acids is 3. The van der Waals surface area contributed by atoms with E-state index in [0.29, 0.717) is 12.1 Å². The molecular weight excluding hydrogens is 481 g/mol. The summed E-state index contributed by atoms with van der Waals surface area (Å²) in [5.74, 6) is -1.74. The number of carboxylic acid groups (broad SMARTS) is 1. The van der Waals surface area contributed by atoms with Gasteiger partial charge in [-0.3, -0.25) is 14.4 Å². The number of urea groups is 1. The molecule has 0 bridgehead atoms. The minimum absolute atomic E-state index is 0.0204. The number of nitrogens with zero attached hydrogens (tertiary/aromatic N) is 4. The number of likely N-dealkylation sites (N-methyl/N-ethyl adjacent to an activating group) is 1. The first kappa shape index (κ1) is 28.4. The van der Waals surface area contributed by atoms with Gasteiger partial charge in [0.25, 0.3) is 0 Å². The summed E-state index contributed by atoms with van der Waals surface area (Å²) in [7, 11) is 1.63. The molecule has 3 rings (SSSR count). The molecule has 0 radical (unpaired) electrons. The quantitative estimate of drug-likeness (QED) is 0.465. The maximum Gasteiger partial charge on any atom is 0.334 e. The molecule has 204 valence electrons. The molecular formula is C26H38FN5O5. The summed E-state index contributed by atoms with van der Waals surface area (Å²) in [6.07, 6.45) is 2.89. The van der Waals surface area contributed by atoms with Crippen LogP contribution in [0.25, 0.3) is 0 Å². The Morgan fingerprint density at radius 2 is 1.89 bits per heavy atom. The van der Waals surface area contributed by atoms with Crippen molar-refractivity contribution in [2.75, 3.05) is 26.7 Å². The summed E-state index contributed by atoms with van der Waals surface area (Å²) in [6, 6.07) is 4.38. The molecule has 2 unspecified atom stereocenters. The molecule has 2 N–H and O–H groups in total. The summed E-state index contributed by atoms with van der Waals surface area (Å²) in [6.45, 7) is 4.87. The van der Waals surface area contributed by atoms with E-state index in [1.807, 2.05) is 0 Å². The zero-order valence-electron chi connectivity index (χ0n) is 21.9. The minimum Gasteiger partial charge on any atom is -0.481 e. The molecule has 0 saturated carbocycles. The fraction of sp³-hybridized carbons (Fsp3) is 0.615. The molecule has 0 aromatic heterocycles. The SMILES string of the molecule is CCCCC(CC)CN1C[C@H]2N(C(=O)CN(C)N2C(=O)NCc2ccc(F)cc2)C(CCC(=O)O)C1=O. The third kappa shape index (κ3) is 6.97. The van der Waals surface area contributed by atoms with Crippen LogP contribution < -0.4 is 5.32 Å². The van der Waals surface area contributed by atoms with Crippen molar-refractivity contribution in [3.8, 4) is 0 Å². The van der Waals surface area contributed by atoms with Crippen molar-refractivity contribution < 1.29 is 28.7 Å². The van der Waals surface area contributed by atoms with Crippen LogP contribution in [0.3, 0.4) is 0 Å². The summed E-state index contributed by atoms with van der Waals surface area (Å²) >= 11 is 0. The lowest BCUT2D eigenvalue weighted by atomic mass is 9.96. The topological polar surface area (TPSA) is 114 Å². The van der Waals surface area contributed by atoms with Crippen LogP contribution in [0.2, 0.25) is 0 Å². The van der Waals surface area contributed by atoms with Crippen LogP contribution in [0, 0.1) is 11.7 Å². The second kappa shape index (κ2) is 12.8. The van der Waals surface area contributed by atoms with Crippen LogP contribution in [-0.2, 0) is 20.9 Å². The van der Waals surface area contributed by atoms with Crippen molar-refractivity contribution in [1.29, 1.82) is 0 Å². The number of unbranched alkanes of at least 4 members (excludes halogenated alkanes) is 1. The molecule has 3 atom stereocenters. The molecule has 2 fully saturated rings. The maximum atomic E-state index is 13.5. The number of halogens is 1. The van der Waals surface area contributed by atoms with E-state index in [4.69, 9.17) is 0 Å². The van der Waals surface area contributed by atoms with Gasteiger partial charge in [-0.1, -0.05) is 45.2 Å². The molecule has 2 heterocycles. The van der Waals surface area contributed by atoms with Crippen molar-refractivity contribution in [3.05, 3.63) is 35.6 Å². The van der Waals surface area contributed by atoms with Gasteiger partial charge in [-0.15, -0.1) is 0 Å². The zero-order chi connectivity index (χ0) is 27.1. The number of hydrazine groups is 1.